The highest BCUT2D eigenvalue weighted by Crippen LogP contribution is 2.21. The van der Waals surface area contributed by atoms with Gasteiger partial charge in [0.05, 0.1) is 10.9 Å². The number of nitrogens with two attached hydrogens (primary N) is 1. The highest BCUT2D eigenvalue weighted by atomic mass is 35.5. The molecule has 3 aromatic rings. The van der Waals surface area contributed by atoms with Crippen molar-refractivity contribution in [2.24, 2.45) is 5.92 Å². The Hall–Kier alpha value is -2.17. The third-order valence-corrected chi connectivity index (χ3v) is 5.22. The minimum atomic E-state index is -0.123. The van der Waals surface area contributed by atoms with Crippen LogP contribution in [0, 0.1) is 5.92 Å². The van der Waals surface area contributed by atoms with Crippen LogP contribution >= 0.6 is 11.6 Å². The zero-order chi connectivity index (χ0) is 19.6. The van der Waals surface area contributed by atoms with Crippen LogP contribution in [0.15, 0.2) is 47.3 Å². The molecule has 0 radical (unpaired) electrons. The number of H-pyrrole nitrogens is 1. The minimum absolute atomic E-state index is 0.123. The molecule has 0 unspecified atom stereocenters. The molecule has 0 aliphatic heterocycles. The van der Waals surface area contributed by atoms with E-state index in [-0.39, 0.29) is 5.56 Å². The highest BCUT2D eigenvalue weighted by Gasteiger charge is 2.20. The Morgan fingerprint density at radius 1 is 1.04 bits per heavy atom. The average molecular weight is 385 g/mol. The molecular weight excluding hydrogens is 358 g/mol. The summed E-state index contributed by atoms with van der Waals surface area (Å²) in [6, 6.07) is 14.3. The van der Waals surface area contributed by atoms with Crippen LogP contribution in [0.2, 0.25) is 5.02 Å². The van der Waals surface area contributed by atoms with Gasteiger partial charge in [-0.05, 0) is 29.7 Å². The molecule has 0 aliphatic rings. The SMILES string of the molecule is CC(C)c1ccc([C@@H]([NH2+]Cc2nc3cc(Cl)ccc3c(=O)[nH]2)C(C)C)cc1. The number of hydrogen-bond donors (Lipinski definition) is 2. The van der Waals surface area contributed by atoms with Gasteiger partial charge in [-0.15, -0.1) is 0 Å². The highest BCUT2D eigenvalue weighted by molar-refractivity contribution is 6.31. The summed E-state index contributed by atoms with van der Waals surface area (Å²) in [6.45, 7) is 9.44. The number of halogens is 1. The third-order valence-electron chi connectivity index (χ3n) is 4.99. The average Bonchev–Trinajstić information content (AvgIpc) is 2.61. The Morgan fingerprint density at radius 2 is 1.70 bits per heavy atom. The molecule has 1 atom stereocenters. The van der Waals surface area contributed by atoms with Gasteiger partial charge in [-0.3, -0.25) is 4.79 Å². The molecule has 5 heteroatoms. The molecule has 1 aromatic heterocycles. The molecule has 3 rings (SSSR count). The molecule has 142 valence electrons. The second-order valence-electron chi connectivity index (χ2n) is 7.71. The maximum atomic E-state index is 12.3. The van der Waals surface area contributed by atoms with Crippen molar-refractivity contribution in [2.45, 2.75) is 46.2 Å². The van der Waals surface area contributed by atoms with Crippen LogP contribution in [-0.2, 0) is 6.54 Å². The van der Waals surface area contributed by atoms with E-state index in [1.807, 2.05) is 0 Å². The van der Waals surface area contributed by atoms with Crippen LogP contribution < -0.4 is 10.9 Å². The fourth-order valence-electron chi connectivity index (χ4n) is 3.39. The second-order valence-corrected chi connectivity index (χ2v) is 8.14. The van der Waals surface area contributed by atoms with Crippen molar-refractivity contribution in [3.63, 3.8) is 0 Å². The van der Waals surface area contributed by atoms with Gasteiger partial charge in [0.15, 0.2) is 5.82 Å². The molecule has 0 amide bonds. The lowest BCUT2D eigenvalue weighted by Gasteiger charge is -2.20. The van der Waals surface area contributed by atoms with Crippen molar-refractivity contribution in [1.82, 2.24) is 9.97 Å². The van der Waals surface area contributed by atoms with Crippen LogP contribution in [0.4, 0.5) is 0 Å². The van der Waals surface area contributed by atoms with Crippen molar-refractivity contribution in [3.8, 4) is 0 Å². The van der Waals surface area contributed by atoms with E-state index < -0.39 is 0 Å². The van der Waals surface area contributed by atoms with Crippen LogP contribution in [0.1, 0.15) is 56.6 Å². The van der Waals surface area contributed by atoms with E-state index in [1.54, 1.807) is 18.2 Å². The van der Waals surface area contributed by atoms with Crippen molar-refractivity contribution in [1.29, 1.82) is 0 Å². The predicted molar refractivity (Wildman–Crippen MR) is 111 cm³/mol. The van der Waals surface area contributed by atoms with E-state index in [0.29, 0.717) is 46.2 Å². The molecule has 0 saturated heterocycles. The van der Waals surface area contributed by atoms with Gasteiger partial charge in [0.1, 0.15) is 12.6 Å². The fourth-order valence-corrected chi connectivity index (χ4v) is 3.56. The maximum absolute atomic E-state index is 12.3. The maximum Gasteiger partial charge on any atom is 0.258 e. The lowest BCUT2D eigenvalue weighted by Crippen LogP contribution is -2.85. The number of benzene rings is 2. The summed E-state index contributed by atoms with van der Waals surface area (Å²) in [5, 5.41) is 3.39. The van der Waals surface area contributed by atoms with Crippen LogP contribution in [0.25, 0.3) is 10.9 Å². The van der Waals surface area contributed by atoms with Gasteiger partial charge >= 0.3 is 0 Å². The number of quaternary nitrogens is 1. The zero-order valence-electron chi connectivity index (χ0n) is 16.3. The summed E-state index contributed by atoms with van der Waals surface area (Å²) in [6.07, 6.45) is 0. The third kappa shape index (κ3) is 4.57. The normalized spacial score (nSPS) is 12.9. The Labute approximate surface area is 165 Å². The van der Waals surface area contributed by atoms with Gasteiger partial charge < -0.3 is 10.3 Å². The molecule has 4 nitrogen and oxygen atoms in total. The molecular formula is C22H27ClN3O+. The number of fused-ring (bicyclic) bond motifs is 1. The summed E-state index contributed by atoms with van der Waals surface area (Å²) in [5.41, 5.74) is 3.15. The fraction of sp³-hybridized carbons (Fsp3) is 0.364. The van der Waals surface area contributed by atoms with E-state index >= 15 is 0 Å². The van der Waals surface area contributed by atoms with Gasteiger partial charge in [-0.25, -0.2) is 4.98 Å². The Bertz CT molecular complexity index is 977. The van der Waals surface area contributed by atoms with Gasteiger partial charge in [0, 0.05) is 16.5 Å². The molecule has 27 heavy (non-hydrogen) atoms. The van der Waals surface area contributed by atoms with Gasteiger partial charge in [0.25, 0.3) is 5.56 Å². The number of aromatic nitrogens is 2. The summed E-state index contributed by atoms with van der Waals surface area (Å²) < 4.78 is 0. The largest absolute Gasteiger partial charge is 0.334 e. The zero-order valence-corrected chi connectivity index (χ0v) is 17.0. The predicted octanol–water partition coefficient (Wildman–Crippen LogP) is 4.16. The topological polar surface area (TPSA) is 62.4 Å². The number of rotatable bonds is 6. The van der Waals surface area contributed by atoms with E-state index in [2.05, 4.69) is 67.2 Å². The van der Waals surface area contributed by atoms with E-state index in [1.165, 1.54) is 11.1 Å². The van der Waals surface area contributed by atoms with Crippen molar-refractivity contribution < 1.29 is 5.32 Å². The minimum Gasteiger partial charge on any atom is -0.334 e. The molecule has 0 fully saturated rings. The standard InChI is InChI=1S/C22H26ClN3O/c1-13(2)15-5-7-16(8-6-15)21(14(3)4)24-12-20-25-19-11-17(23)9-10-18(19)22(27)26-20/h5-11,13-14,21,24H,12H2,1-4H3,(H,25,26,27)/p+1/t21-/m0/s1. The molecule has 0 saturated carbocycles. The smallest absolute Gasteiger partial charge is 0.258 e. The van der Waals surface area contributed by atoms with E-state index in [0.717, 1.165) is 0 Å². The van der Waals surface area contributed by atoms with Crippen molar-refractivity contribution >= 4 is 22.5 Å². The lowest BCUT2D eigenvalue weighted by molar-refractivity contribution is -0.718. The molecule has 2 aromatic carbocycles. The Kier molecular flexibility index (Phi) is 5.98. The Morgan fingerprint density at radius 3 is 2.33 bits per heavy atom. The number of hydrogen-bond acceptors (Lipinski definition) is 2. The molecule has 0 spiro atoms. The van der Waals surface area contributed by atoms with Crippen LogP contribution in [0.3, 0.4) is 0 Å². The van der Waals surface area contributed by atoms with Crippen LogP contribution in [-0.4, -0.2) is 9.97 Å². The molecule has 0 bridgehead atoms. The summed E-state index contributed by atoms with van der Waals surface area (Å²) in [7, 11) is 0. The van der Waals surface area contributed by atoms with E-state index in [9.17, 15) is 4.79 Å². The summed E-state index contributed by atoms with van der Waals surface area (Å²) in [5.74, 6) is 1.65. The molecule has 3 N–H and O–H groups in total. The lowest BCUT2D eigenvalue weighted by atomic mass is 9.93. The molecule has 1 heterocycles. The number of nitrogens with one attached hydrogen (secondary N) is 1. The first-order valence-electron chi connectivity index (χ1n) is 9.46. The monoisotopic (exact) mass is 384 g/mol. The van der Waals surface area contributed by atoms with Gasteiger partial charge in [-0.1, -0.05) is 63.6 Å². The van der Waals surface area contributed by atoms with Crippen molar-refractivity contribution in [2.75, 3.05) is 0 Å². The first kappa shape index (κ1) is 19.6. The first-order chi connectivity index (χ1) is 12.8. The number of nitrogens with zero attached hydrogens (tertiary/aromatic N) is 1. The summed E-state index contributed by atoms with van der Waals surface area (Å²) >= 11 is 6.05. The van der Waals surface area contributed by atoms with Gasteiger partial charge in [0.2, 0.25) is 0 Å². The summed E-state index contributed by atoms with van der Waals surface area (Å²) in [4.78, 5) is 19.8. The van der Waals surface area contributed by atoms with Crippen molar-refractivity contribution in [3.05, 3.63) is 74.8 Å². The first-order valence-corrected chi connectivity index (χ1v) is 9.84. The number of aromatic amines is 1. The Balaban J connectivity index is 1.82. The van der Waals surface area contributed by atoms with E-state index in [4.69, 9.17) is 11.6 Å². The quantitative estimate of drug-likeness (QED) is 0.670. The molecule has 0 aliphatic carbocycles. The second kappa shape index (κ2) is 8.24. The van der Waals surface area contributed by atoms with Gasteiger partial charge in [-0.2, -0.15) is 0 Å². The van der Waals surface area contributed by atoms with Crippen LogP contribution in [0.5, 0.6) is 0 Å².